The van der Waals surface area contributed by atoms with E-state index in [1.54, 1.807) is 12.1 Å². The zero-order chi connectivity index (χ0) is 20.1. The molecular weight excluding hydrogens is 472 g/mol. The van der Waals surface area contributed by atoms with Crippen LogP contribution >= 0.6 is 35.4 Å². The summed E-state index contributed by atoms with van der Waals surface area (Å²) in [5.74, 6) is -0.136. The number of hydrogen-bond acceptors (Lipinski definition) is 8. The van der Waals surface area contributed by atoms with Crippen molar-refractivity contribution in [2.45, 2.75) is 36.6 Å². The molecule has 1 heterocycles. The van der Waals surface area contributed by atoms with Crippen molar-refractivity contribution in [1.82, 2.24) is 4.98 Å². The van der Waals surface area contributed by atoms with Crippen LogP contribution in [0.4, 0.5) is 0 Å². The fourth-order valence-electron chi connectivity index (χ4n) is 2.82. The van der Waals surface area contributed by atoms with Gasteiger partial charge in [0.25, 0.3) is 0 Å². The van der Waals surface area contributed by atoms with Crippen molar-refractivity contribution in [2.24, 2.45) is 0 Å². The second-order valence-corrected chi connectivity index (χ2v) is 8.58. The van der Waals surface area contributed by atoms with Gasteiger partial charge in [-0.25, -0.2) is 4.57 Å². The van der Waals surface area contributed by atoms with Crippen molar-refractivity contribution in [3.63, 3.8) is 0 Å². The highest BCUT2D eigenvalue weighted by Gasteiger charge is 2.51. The molecule has 1 aromatic carbocycles. The Morgan fingerprint density at radius 1 is 1.04 bits per heavy atom. The van der Waals surface area contributed by atoms with Crippen LogP contribution in [0.2, 0.25) is 5.02 Å². The second kappa shape index (κ2) is 7.60. The van der Waals surface area contributed by atoms with Crippen LogP contribution in [0.1, 0.15) is 0 Å². The first-order chi connectivity index (χ1) is 12.5. The van der Waals surface area contributed by atoms with Gasteiger partial charge < -0.3 is 35.0 Å². The maximum atomic E-state index is 12.4. The van der Waals surface area contributed by atoms with Crippen molar-refractivity contribution < 1.29 is 44.0 Å². The minimum atomic E-state index is -4.95. The van der Waals surface area contributed by atoms with Gasteiger partial charge in [0.05, 0.1) is 15.9 Å². The van der Waals surface area contributed by atoms with Gasteiger partial charge in [-0.15, -0.1) is 0 Å². The lowest BCUT2D eigenvalue weighted by Crippen LogP contribution is -2.64. The van der Waals surface area contributed by atoms with Gasteiger partial charge >= 0.3 is 7.82 Å². The number of fused-ring (bicyclic) bond motifs is 1. The predicted molar refractivity (Wildman–Crippen MR) is 96.4 cm³/mol. The van der Waals surface area contributed by atoms with Crippen LogP contribution in [0.3, 0.4) is 0 Å². The maximum Gasteiger partial charge on any atom is 0.527 e. The Labute approximate surface area is 165 Å². The van der Waals surface area contributed by atoms with Crippen molar-refractivity contribution in [3.8, 4) is 5.75 Å². The lowest BCUT2D eigenvalue weighted by Gasteiger charge is -2.41. The molecule has 0 aliphatic heterocycles. The average Bonchev–Trinajstić information content (AvgIpc) is 3.01. The number of phosphoric ester groups is 1. The van der Waals surface area contributed by atoms with Crippen LogP contribution in [0.5, 0.6) is 5.75 Å². The molecule has 5 unspecified atom stereocenters. The average molecular weight is 489 g/mol. The largest absolute Gasteiger partial charge is 0.527 e. The molecule has 0 amide bonds. The molecule has 1 saturated carbocycles. The zero-order valence-electron chi connectivity index (χ0n) is 13.3. The standard InChI is InChI=1S/C14H16BrClNO9P/c15-4-1-2-5-7(8(4)16)6(3-17-5)25-27(23,24)26-14-12(21)10(19)9(18)11(20)13(14)22/h1-3,9-14,17-22H,(H,23,24). The molecule has 7 N–H and O–H groups in total. The van der Waals surface area contributed by atoms with Crippen LogP contribution < -0.4 is 4.52 Å². The smallest absolute Gasteiger partial charge is 0.402 e. The highest BCUT2D eigenvalue weighted by molar-refractivity contribution is 9.10. The molecule has 5 atom stereocenters. The molecule has 1 aliphatic rings. The Morgan fingerprint density at radius 3 is 2.19 bits per heavy atom. The van der Waals surface area contributed by atoms with Crippen LogP contribution in [0, 0.1) is 0 Å². The van der Waals surface area contributed by atoms with Crippen LogP contribution in [-0.4, -0.2) is 72.0 Å². The first-order valence-electron chi connectivity index (χ1n) is 7.59. The van der Waals surface area contributed by atoms with E-state index in [2.05, 4.69) is 20.9 Å². The molecule has 150 valence electrons. The number of aromatic amines is 1. The lowest BCUT2D eigenvalue weighted by molar-refractivity contribution is -0.219. The Kier molecular flexibility index (Phi) is 5.91. The van der Waals surface area contributed by atoms with Gasteiger partial charge in [-0.05, 0) is 28.1 Å². The van der Waals surface area contributed by atoms with Crippen LogP contribution in [0.25, 0.3) is 10.9 Å². The molecule has 0 bridgehead atoms. The summed E-state index contributed by atoms with van der Waals surface area (Å²) in [4.78, 5) is 12.8. The fraction of sp³-hybridized carbons (Fsp3) is 0.429. The van der Waals surface area contributed by atoms with Gasteiger partial charge in [-0.1, -0.05) is 11.6 Å². The summed E-state index contributed by atoms with van der Waals surface area (Å²) in [7, 11) is -4.95. The second-order valence-electron chi connectivity index (χ2n) is 6.02. The number of rotatable bonds is 4. The van der Waals surface area contributed by atoms with E-state index >= 15 is 0 Å². The van der Waals surface area contributed by atoms with Gasteiger partial charge in [-0.3, -0.25) is 9.42 Å². The highest BCUT2D eigenvalue weighted by atomic mass is 79.9. The zero-order valence-corrected chi connectivity index (χ0v) is 16.5. The number of nitrogens with one attached hydrogen (secondary N) is 1. The molecule has 1 aromatic heterocycles. The quantitative estimate of drug-likeness (QED) is 0.298. The summed E-state index contributed by atoms with van der Waals surface area (Å²) in [6.07, 6.45) is -10.2. The molecule has 1 fully saturated rings. The summed E-state index contributed by atoms with van der Waals surface area (Å²) in [6.45, 7) is 0. The monoisotopic (exact) mass is 487 g/mol. The maximum absolute atomic E-state index is 12.4. The van der Waals surface area contributed by atoms with Gasteiger partial charge in [0, 0.05) is 10.7 Å². The van der Waals surface area contributed by atoms with E-state index in [1.165, 1.54) is 6.20 Å². The van der Waals surface area contributed by atoms with Crippen molar-refractivity contribution in [2.75, 3.05) is 0 Å². The highest BCUT2D eigenvalue weighted by Crippen LogP contribution is 2.50. The number of H-pyrrole nitrogens is 1. The third-order valence-electron chi connectivity index (χ3n) is 4.24. The summed E-state index contributed by atoms with van der Waals surface area (Å²) in [6, 6.07) is 3.30. The Hall–Kier alpha value is -0.720. The molecule has 10 nitrogen and oxygen atoms in total. The van der Waals surface area contributed by atoms with Gasteiger partial charge in [0.2, 0.25) is 0 Å². The van der Waals surface area contributed by atoms with Crippen LogP contribution in [-0.2, 0) is 9.09 Å². The first kappa shape index (κ1) is 21.0. The number of aliphatic hydroxyl groups excluding tert-OH is 5. The summed E-state index contributed by atoms with van der Waals surface area (Å²) >= 11 is 9.38. The Balaban J connectivity index is 1.86. The molecule has 0 saturated heterocycles. The number of phosphoric acid groups is 1. The molecule has 2 aromatic rings. The normalized spacial score (nSPS) is 33.8. The number of hydrogen-bond donors (Lipinski definition) is 7. The third kappa shape index (κ3) is 3.90. The van der Waals surface area contributed by atoms with E-state index in [4.69, 9.17) is 20.6 Å². The molecule has 27 heavy (non-hydrogen) atoms. The minimum absolute atomic E-state index is 0.136. The van der Waals surface area contributed by atoms with Crippen molar-refractivity contribution in [1.29, 1.82) is 0 Å². The van der Waals surface area contributed by atoms with Crippen LogP contribution in [0.15, 0.2) is 22.8 Å². The van der Waals surface area contributed by atoms with E-state index in [0.717, 1.165) is 0 Å². The van der Waals surface area contributed by atoms with Gasteiger partial charge in [-0.2, -0.15) is 0 Å². The summed E-state index contributed by atoms with van der Waals surface area (Å²) in [5.41, 5.74) is 0.505. The molecule has 0 spiro atoms. The first-order valence-corrected chi connectivity index (χ1v) is 10.3. The number of halogens is 2. The molecule has 13 heteroatoms. The lowest BCUT2D eigenvalue weighted by atomic mass is 9.85. The van der Waals surface area contributed by atoms with E-state index in [-0.39, 0.29) is 16.2 Å². The Bertz CT molecular complexity index is 879. The molecule has 0 radical (unpaired) electrons. The third-order valence-corrected chi connectivity index (χ3v) is 6.46. The topological polar surface area (TPSA) is 173 Å². The van der Waals surface area contributed by atoms with E-state index in [0.29, 0.717) is 9.99 Å². The minimum Gasteiger partial charge on any atom is -0.402 e. The molecule has 1 aliphatic carbocycles. The Morgan fingerprint density at radius 2 is 1.59 bits per heavy atom. The fourth-order valence-corrected chi connectivity index (χ4v) is 4.40. The van der Waals surface area contributed by atoms with Crippen molar-refractivity contribution in [3.05, 3.63) is 27.8 Å². The van der Waals surface area contributed by atoms with Gasteiger partial charge in [0.15, 0.2) is 5.75 Å². The molecule has 3 rings (SSSR count). The predicted octanol–water partition coefficient (Wildman–Crippen LogP) is 0.266. The number of aliphatic hydroxyl groups is 5. The summed E-state index contributed by atoms with van der Waals surface area (Å²) in [5, 5.41) is 49.2. The number of aromatic nitrogens is 1. The molecular formula is C14H16BrClNO9P. The van der Waals surface area contributed by atoms with E-state index in [9.17, 15) is 35.0 Å². The van der Waals surface area contributed by atoms with Crippen molar-refractivity contribution >= 4 is 46.3 Å². The van der Waals surface area contributed by atoms with E-state index < -0.39 is 44.4 Å². The number of benzene rings is 1. The van der Waals surface area contributed by atoms with Gasteiger partial charge in [0.1, 0.15) is 36.6 Å². The van der Waals surface area contributed by atoms with E-state index in [1.807, 2.05) is 0 Å². The SMILES string of the molecule is O=P(O)(Oc1c[nH]c2ccc(Br)c(Cl)c12)OC1C(O)C(O)C(O)C(O)C1O. The summed E-state index contributed by atoms with van der Waals surface area (Å²) < 4.78 is 22.6.